The van der Waals surface area contributed by atoms with Crippen molar-refractivity contribution in [2.24, 2.45) is 0 Å². The van der Waals surface area contributed by atoms with Crippen LogP contribution >= 0.6 is 11.3 Å². The molecule has 0 unspecified atom stereocenters. The molecule has 0 spiro atoms. The second-order valence-corrected chi connectivity index (χ2v) is 3.88. The van der Waals surface area contributed by atoms with Crippen LogP contribution in [0.2, 0.25) is 0 Å². The second kappa shape index (κ2) is 5.81. The summed E-state index contributed by atoms with van der Waals surface area (Å²) in [5.74, 6) is 0. The van der Waals surface area contributed by atoms with Gasteiger partial charge in [0, 0.05) is 17.1 Å². The van der Waals surface area contributed by atoms with Gasteiger partial charge in [-0.25, -0.2) is 9.95 Å². The Hall–Kier alpha value is -2.14. The van der Waals surface area contributed by atoms with Crippen molar-refractivity contribution < 1.29 is 4.52 Å². The normalized spacial score (nSPS) is 9.41. The maximum Gasteiger partial charge on any atom is 0.357 e. The summed E-state index contributed by atoms with van der Waals surface area (Å²) in [5.41, 5.74) is 3.10. The molecule has 0 saturated heterocycles. The fraction of sp³-hybridized carbons (Fsp3) is 0. The molecule has 0 bridgehead atoms. The number of rotatable bonds is 1. The van der Waals surface area contributed by atoms with Crippen LogP contribution in [0.4, 0.5) is 0 Å². The summed E-state index contributed by atoms with van der Waals surface area (Å²) in [4.78, 5) is 14.4. The van der Waals surface area contributed by atoms with Gasteiger partial charge in [0.15, 0.2) is 0 Å². The van der Waals surface area contributed by atoms with Crippen molar-refractivity contribution in [3.63, 3.8) is 0 Å². The Morgan fingerprint density at radius 2 is 2.06 bits per heavy atom. The van der Waals surface area contributed by atoms with Crippen molar-refractivity contribution in [3.8, 4) is 11.3 Å². The fourth-order valence-electron chi connectivity index (χ4n) is 1.22. The van der Waals surface area contributed by atoms with Crippen LogP contribution in [0.25, 0.3) is 11.3 Å². The van der Waals surface area contributed by atoms with Gasteiger partial charge in [0.25, 0.3) is 0 Å². The molecule has 0 saturated carbocycles. The molecule has 5 heteroatoms. The molecule has 1 N–H and O–H groups in total. The number of aromatic amines is 1. The Kier molecular flexibility index (Phi) is 3.88. The van der Waals surface area contributed by atoms with Crippen LogP contribution in [0.15, 0.2) is 62.8 Å². The Bertz CT molecular complexity index is 567. The SMILES string of the molecule is O=c1cc(-c2ccccc2)[nH]o1.c1cscn1. The molecule has 3 rings (SSSR count). The highest BCUT2D eigenvalue weighted by atomic mass is 32.1. The van der Waals surface area contributed by atoms with Gasteiger partial charge in [-0.2, -0.15) is 0 Å². The third-order valence-electron chi connectivity index (χ3n) is 1.96. The van der Waals surface area contributed by atoms with Crippen molar-refractivity contribution in [2.45, 2.75) is 0 Å². The molecule has 17 heavy (non-hydrogen) atoms. The van der Waals surface area contributed by atoms with Crippen LogP contribution in [-0.2, 0) is 0 Å². The molecule has 0 fully saturated rings. The van der Waals surface area contributed by atoms with E-state index in [1.807, 2.05) is 35.7 Å². The van der Waals surface area contributed by atoms with Gasteiger partial charge in [-0.1, -0.05) is 30.3 Å². The molecule has 4 nitrogen and oxygen atoms in total. The summed E-state index contributed by atoms with van der Waals surface area (Å²) < 4.78 is 4.54. The lowest BCUT2D eigenvalue weighted by Gasteiger charge is -1.92. The molecule has 0 radical (unpaired) electrons. The Labute approximate surface area is 102 Å². The lowest BCUT2D eigenvalue weighted by molar-refractivity contribution is 0.394. The number of benzene rings is 1. The van der Waals surface area contributed by atoms with E-state index in [2.05, 4.69) is 14.7 Å². The first kappa shape index (κ1) is 11.3. The van der Waals surface area contributed by atoms with E-state index in [1.165, 1.54) is 6.07 Å². The standard InChI is InChI=1S/C9H7NO2.C3H3NS/c11-9-6-8(10-12-9)7-4-2-1-3-5-7;1-2-5-3-4-1/h1-6,10H;1-3H. The average Bonchev–Trinajstić information content (AvgIpc) is 3.04. The first-order valence-corrected chi connectivity index (χ1v) is 5.86. The molecule has 0 atom stereocenters. The summed E-state index contributed by atoms with van der Waals surface area (Å²) in [6, 6.07) is 11.0. The van der Waals surface area contributed by atoms with Crippen LogP contribution in [0, 0.1) is 0 Å². The van der Waals surface area contributed by atoms with Crippen molar-refractivity contribution in [1.82, 2.24) is 10.1 Å². The van der Waals surface area contributed by atoms with Crippen molar-refractivity contribution in [3.05, 3.63) is 63.9 Å². The molecule has 0 aliphatic rings. The molecule has 3 aromatic rings. The van der Waals surface area contributed by atoms with Crippen LogP contribution in [0.1, 0.15) is 0 Å². The second-order valence-electron chi connectivity index (χ2n) is 3.12. The number of nitrogens with one attached hydrogen (secondary N) is 1. The van der Waals surface area contributed by atoms with E-state index in [4.69, 9.17) is 0 Å². The van der Waals surface area contributed by atoms with Crippen molar-refractivity contribution >= 4 is 11.3 Å². The number of aromatic nitrogens is 2. The van der Waals surface area contributed by atoms with Gasteiger partial charge < -0.3 is 4.52 Å². The van der Waals surface area contributed by atoms with E-state index >= 15 is 0 Å². The first-order valence-electron chi connectivity index (χ1n) is 4.92. The van der Waals surface area contributed by atoms with Gasteiger partial charge in [-0.15, -0.1) is 11.3 Å². The number of thiazole rings is 1. The maximum absolute atomic E-state index is 10.7. The minimum Gasteiger partial charge on any atom is -0.339 e. The van der Waals surface area contributed by atoms with E-state index in [9.17, 15) is 4.79 Å². The molecule has 0 amide bonds. The Morgan fingerprint density at radius 1 is 1.24 bits per heavy atom. The van der Waals surface area contributed by atoms with Gasteiger partial charge in [0.1, 0.15) is 0 Å². The van der Waals surface area contributed by atoms with Crippen LogP contribution < -0.4 is 5.63 Å². The summed E-state index contributed by atoms with van der Waals surface area (Å²) in [5, 5.41) is 4.46. The topological polar surface area (TPSA) is 58.9 Å². The van der Waals surface area contributed by atoms with Gasteiger partial charge >= 0.3 is 5.63 Å². The Balaban J connectivity index is 0.000000181. The lowest BCUT2D eigenvalue weighted by atomic mass is 10.2. The zero-order chi connectivity index (χ0) is 11.9. The third kappa shape index (κ3) is 3.42. The zero-order valence-electron chi connectivity index (χ0n) is 8.87. The summed E-state index contributed by atoms with van der Waals surface area (Å²) >= 11 is 1.60. The highest BCUT2D eigenvalue weighted by molar-refractivity contribution is 7.07. The Morgan fingerprint density at radius 3 is 2.53 bits per heavy atom. The summed E-state index contributed by atoms with van der Waals surface area (Å²) in [7, 11) is 0. The number of H-pyrrole nitrogens is 1. The number of nitrogens with zero attached hydrogens (tertiary/aromatic N) is 1. The van der Waals surface area contributed by atoms with E-state index in [1.54, 1.807) is 23.0 Å². The molecule has 0 aliphatic heterocycles. The van der Waals surface area contributed by atoms with Gasteiger partial charge in [-0.05, 0) is 0 Å². The largest absolute Gasteiger partial charge is 0.357 e. The highest BCUT2D eigenvalue weighted by Gasteiger charge is 1.99. The molecule has 2 aromatic heterocycles. The summed E-state index contributed by atoms with van der Waals surface area (Å²) in [6.45, 7) is 0. The molecule has 2 heterocycles. The van der Waals surface area contributed by atoms with E-state index in [0.717, 1.165) is 5.56 Å². The van der Waals surface area contributed by atoms with Crippen LogP contribution in [0.5, 0.6) is 0 Å². The van der Waals surface area contributed by atoms with E-state index in [0.29, 0.717) is 5.69 Å². The van der Waals surface area contributed by atoms with Crippen LogP contribution in [0.3, 0.4) is 0 Å². The third-order valence-corrected chi connectivity index (χ3v) is 2.48. The average molecular weight is 246 g/mol. The highest BCUT2D eigenvalue weighted by Crippen LogP contribution is 2.13. The quantitative estimate of drug-likeness (QED) is 0.718. The van der Waals surface area contributed by atoms with Crippen molar-refractivity contribution in [1.29, 1.82) is 0 Å². The van der Waals surface area contributed by atoms with E-state index in [-0.39, 0.29) is 5.63 Å². The fourth-order valence-corrected chi connectivity index (χ4v) is 1.57. The number of hydrogen-bond donors (Lipinski definition) is 1. The minimum absolute atomic E-state index is 0.353. The minimum atomic E-state index is -0.353. The van der Waals surface area contributed by atoms with Crippen LogP contribution in [-0.4, -0.2) is 10.1 Å². The zero-order valence-corrected chi connectivity index (χ0v) is 9.68. The van der Waals surface area contributed by atoms with Gasteiger partial charge in [0.05, 0.1) is 17.3 Å². The number of hydrogen-bond acceptors (Lipinski definition) is 4. The predicted octanol–water partition coefficient (Wildman–Crippen LogP) is 2.78. The molecular weight excluding hydrogens is 236 g/mol. The molecule has 86 valence electrons. The molecule has 1 aromatic carbocycles. The molecular formula is C12H10N2O2S. The smallest absolute Gasteiger partial charge is 0.339 e. The lowest BCUT2D eigenvalue weighted by Crippen LogP contribution is -1.85. The maximum atomic E-state index is 10.7. The summed E-state index contributed by atoms with van der Waals surface area (Å²) in [6.07, 6.45) is 1.77. The van der Waals surface area contributed by atoms with E-state index < -0.39 is 0 Å². The monoisotopic (exact) mass is 246 g/mol. The van der Waals surface area contributed by atoms with Gasteiger partial charge in [0.2, 0.25) is 0 Å². The molecule has 0 aliphatic carbocycles. The van der Waals surface area contributed by atoms with Crippen molar-refractivity contribution in [2.75, 3.05) is 0 Å². The van der Waals surface area contributed by atoms with Gasteiger partial charge in [-0.3, -0.25) is 4.98 Å². The predicted molar refractivity (Wildman–Crippen MR) is 66.9 cm³/mol. The first-order chi connectivity index (χ1) is 8.36.